The van der Waals surface area contributed by atoms with Crippen LogP contribution in [0.4, 0.5) is 8.78 Å². The number of carbonyl (C=O) groups is 1. The van der Waals surface area contributed by atoms with Crippen molar-refractivity contribution in [2.75, 3.05) is 0 Å². The lowest BCUT2D eigenvalue weighted by Gasteiger charge is -2.39. The van der Waals surface area contributed by atoms with E-state index >= 15 is 0 Å². The highest BCUT2D eigenvalue weighted by molar-refractivity contribution is 6.44. The maximum atomic E-state index is 14.2. The molecule has 1 aliphatic rings. The van der Waals surface area contributed by atoms with Crippen molar-refractivity contribution in [3.05, 3.63) is 63.5 Å². The summed E-state index contributed by atoms with van der Waals surface area (Å²) >= 11 is 12.0. The van der Waals surface area contributed by atoms with Gasteiger partial charge in [-0.1, -0.05) is 23.2 Å². The molecular weight excluding hydrogens is 423 g/mol. The first-order valence-electron chi connectivity index (χ1n) is 8.81. The Morgan fingerprint density at radius 1 is 1.10 bits per heavy atom. The molecule has 0 aliphatic carbocycles. The van der Waals surface area contributed by atoms with E-state index in [4.69, 9.17) is 23.2 Å². The summed E-state index contributed by atoms with van der Waals surface area (Å²) in [6, 6.07) is 4.42. The van der Waals surface area contributed by atoms with Crippen LogP contribution in [0.15, 0.2) is 30.5 Å². The van der Waals surface area contributed by atoms with Gasteiger partial charge in [0.05, 0.1) is 21.7 Å². The van der Waals surface area contributed by atoms with E-state index in [0.29, 0.717) is 18.2 Å². The highest BCUT2D eigenvalue weighted by Crippen LogP contribution is 2.35. The number of carbonyl (C=O) groups excluding carboxylic acids is 1. The number of benzene rings is 1. The molecule has 150 valence electrons. The number of halogens is 4. The quantitative estimate of drug-likeness (QED) is 0.552. The van der Waals surface area contributed by atoms with Gasteiger partial charge in [0.2, 0.25) is 0 Å². The molecule has 6 nitrogen and oxygen atoms in total. The lowest BCUT2D eigenvalue weighted by Crippen LogP contribution is -2.47. The van der Waals surface area contributed by atoms with Gasteiger partial charge in [0, 0.05) is 18.8 Å². The van der Waals surface area contributed by atoms with Gasteiger partial charge in [0.15, 0.2) is 17.5 Å². The van der Waals surface area contributed by atoms with Gasteiger partial charge in [-0.15, -0.1) is 10.2 Å². The van der Waals surface area contributed by atoms with Gasteiger partial charge in [-0.3, -0.25) is 4.79 Å². The molecule has 0 bridgehead atoms. The van der Waals surface area contributed by atoms with Crippen LogP contribution < -0.4 is 0 Å². The van der Waals surface area contributed by atoms with E-state index in [1.54, 1.807) is 16.4 Å². The molecular formula is C19H15Cl2F2N5O. The summed E-state index contributed by atoms with van der Waals surface area (Å²) in [5.74, 6) is -0.826. The Bertz CT molecular complexity index is 1120. The summed E-state index contributed by atoms with van der Waals surface area (Å²) < 4.78 is 29.6. The Kier molecular flexibility index (Phi) is 5.00. The third kappa shape index (κ3) is 3.16. The molecule has 2 unspecified atom stereocenters. The van der Waals surface area contributed by atoms with Crippen LogP contribution in [0.2, 0.25) is 10.0 Å². The molecule has 0 saturated carbocycles. The molecule has 29 heavy (non-hydrogen) atoms. The summed E-state index contributed by atoms with van der Waals surface area (Å²) in [5, 5.41) is 7.82. The zero-order valence-electron chi connectivity index (χ0n) is 15.4. The van der Waals surface area contributed by atoms with Crippen LogP contribution in [-0.4, -0.2) is 36.6 Å². The molecule has 2 atom stereocenters. The fraction of sp³-hybridized carbons (Fsp3) is 0.263. The van der Waals surface area contributed by atoms with E-state index in [-0.39, 0.29) is 27.3 Å². The second-order valence-corrected chi connectivity index (χ2v) is 7.54. The largest absolute Gasteiger partial charge is 0.324 e. The fourth-order valence-electron chi connectivity index (χ4n) is 3.59. The van der Waals surface area contributed by atoms with Gasteiger partial charge < -0.3 is 9.47 Å². The first kappa shape index (κ1) is 19.7. The van der Waals surface area contributed by atoms with E-state index in [1.807, 2.05) is 6.92 Å². The van der Waals surface area contributed by atoms with E-state index in [0.717, 1.165) is 6.07 Å². The molecule has 0 spiro atoms. The predicted octanol–water partition coefficient (Wildman–Crippen LogP) is 4.53. The Morgan fingerprint density at radius 2 is 1.86 bits per heavy atom. The molecule has 0 radical (unpaired) electrons. The Hall–Kier alpha value is -2.58. The second-order valence-electron chi connectivity index (χ2n) is 6.79. The summed E-state index contributed by atoms with van der Waals surface area (Å²) in [4.78, 5) is 18.8. The normalized spacial score (nSPS) is 18.6. The van der Waals surface area contributed by atoms with Crippen LogP contribution >= 0.6 is 23.2 Å². The number of hydrogen-bond acceptors (Lipinski definition) is 4. The summed E-state index contributed by atoms with van der Waals surface area (Å²) in [6.45, 7) is 3.96. The molecule has 3 heterocycles. The monoisotopic (exact) mass is 437 g/mol. The van der Waals surface area contributed by atoms with E-state index in [1.165, 1.54) is 24.4 Å². The highest BCUT2D eigenvalue weighted by Gasteiger charge is 2.37. The molecule has 1 aromatic carbocycles. The Balaban J connectivity index is 1.74. The average molecular weight is 438 g/mol. The fourth-order valence-corrected chi connectivity index (χ4v) is 3.99. The third-order valence-corrected chi connectivity index (χ3v) is 5.82. The zero-order chi connectivity index (χ0) is 20.9. The summed E-state index contributed by atoms with van der Waals surface area (Å²) in [5.41, 5.74) is 0.194. The number of rotatable bonds is 2. The van der Waals surface area contributed by atoms with E-state index in [2.05, 4.69) is 15.2 Å². The summed E-state index contributed by atoms with van der Waals surface area (Å²) in [7, 11) is 0. The standard InChI is InChI=1S/C19H15Cl2F2N5O/c1-9-8-27-17(25-26-18(27)16-13(23)4-3-7-24-16)10(2)28(9)19(29)11-5-6-12(22)15(21)14(11)20/h3-7,9-10H,8H2,1-2H3. The third-order valence-electron chi connectivity index (χ3n) is 4.96. The van der Waals surface area contributed by atoms with Gasteiger partial charge in [0.25, 0.3) is 5.91 Å². The van der Waals surface area contributed by atoms with E-state index in [9.17, 15) is 13.6 Å². The number of nitrogens with zero attached hydrogens (tertiary/aromatic N) is 5. The number of pyridine rings is 1. The molecule has 0 fully saturated rings. The minimum Gasteiger partial charge on any atom is -0.324 e. The molecule has 1 aliphatic heterocycles. The zero-order valence-corrected chi connectivity index (χ0v) is 16.9. The van der Waals surface area contributed by atoms with Crippen LogP contribution in [0.3, 0.4) is 0 Å². The Labute approximate surface area is 175 Å². The smallest absolute Gasteiger partial charge is 0.256 e. The number of fused-ring (bicyclic) bond motifs is 1. The lowest BCUT2D eigenvalue weighted by molar-refractivity contribution is 0.0514. The summed E-state index contributed by atoms with van der Waals surface area (Å²) in [6.07, 6.45) is 1.48. The highest BCUT2D eigenvalue weighted by atomic mass is 35.5. The topological polar surface area (TPSA) is 63.9 Å². The van der Waals surface area contributed by atoms with Crippen molar-refractivity contribution in [1.82, 2.24) is 24.6 Å². The minimum atomic E-state index is -0.699. The van der Waals surface area contributed by atoms with Crippen molar-refractivity contribution in [1.29, 1.82) is 0 Å². The number of aromatic nitrogens is 4. The number of hydrogen-bond donors (Lipinski definition) is 0. The van der Waals surface area contributed by atoms with Crippen LogP contribution in [0.1, 0.15) is 36.1 Å². The van der Waals surface area contributed by atoms with Crippen LogP contribution in [0.25, 0.3) is 11.5 Å². The minimum absolute atomic E-state index is 0.0961. The molecule has 10 heteroatoms. The lowest BCUT2D eigenvalue weighted by atomic mass is 10.1. The van der Waals surface area contributed by atoms with Gasteiger partial charge in [-0.05, 0) is 38.1 Å². The average Bonchev–Trinajstić information content (AvgIpc) is 3.10. The van der Waals surface area contributed by atoms with E-state index < -0.39 is 23.6 Å². The van der Waals surface area contributed by atoms with Gasteiger partial charge >= 0.3 is 0 Å². The van der Waals surface area contributed by atoms with Gasteiger partial charge in [-0.2, -0.15) is 0 Å². The molecule has 1 amide bonds. The number of amides is 1. The SMILES string of the molecule is CC1Cn2c(-c3ncccc3F)nnc2C(C)N1C(=O)c1ccc(F)c(Cl)c1Cl. The van der Waals surface area contributed by atoms with Crippen LogP contribution in [0, 0.1) is 11.6 Å². The van der Waals surface area contributed by atoms with Crippen molar-refractivity contribution in [3.63, 3.8) is 0 Å². The maximum absolute atomic E-state index is 14.2. The first-order chi connectivity index (χ1) is 13.8. The predicted molar refractivity (Wildman–Crippen MR) is 104 cm³/mol. The van der Waals surface area contributed by atoms with Crippen molar-refractivity contribution >= 4 is 29.1 Å². The maximum Gasteiger partial charge on any atom is 0.256 e. The first-order valence-corrected chi connectivity index (χ1v) is 9.57. The van der Waals surface area contributed by atoms with Crippen molar-refractivity contribution in [2.24, 2.45) is 0 Å². The van der Waals surface area contributed by atoms with Crippen LogP contribution in [0.5, 0.6) is 0 Å². The van der Waals surface area contributed by atoms with Gasteiger partial charge in [0.1, 0.15) is 11.5 Å². The molecule has 0 saturated heterocycles. The Morgan fingerprint density at radius 3 is 2.59 bits per heavy atom. The molecule has 2 aromatic heterocycles. The second kappa shape index (κ2) is 7.35. The van der Waals surface area contributed by atoms with Crippen molar-refractivity contribution in [3.8, 4) is 11.5 Å². The van der Waals surface area contributed by atoms with Crippen LogP contribution in [-0.2, 0) is 6.54 Å². The van der Waals surface area contributed by atoms with Gasteiger partial charge in [-0.25, -0.2) is 13.8 Å². The van der Waals surface area contributed by atoms with Crippen molar-refractivity contribution < 1.29 is 13.6 Å². The molecule has 4 rings (SSSR count). The van der Waals surface area contributed by atoms with Crippen molar-refractivity contribution in [2.45, 2.75) is 32.5 Å². The molecule has 3 aromatic rings. The molecule has 0 N–H and O–H groups in total.